The largest absolute Gasteiger partial charge is 0.330 e. The second-order valence-electron chi connectivity index (χ2n) is 3.14. The normalized spacial score (nSPS) is 9.87. The highest BCUT2D eigenvalue weighted by Crippen LogP contribution is 1.88. The van der Waals surface area contributed by atoms with Crippen LogP contribution in [0.4, 0.5) is 0 Å². The van der Waals surface area contributed by atoms with Crippen molar-refractivity contribution in [3.63, 3.8) is 0 Å². The van der Waals surface area contributed by atoms with Crippen LogP contribution in [0.15, 0.2) is 21.9 Å². The lowest BCUT2D eigenvalue weighted by atomic mass is 10.3. The van der Waals surface area contributed by atoms with Crippen molar-refractivity contribution < 1.29 is 0 Å². The first-order chi connectivity index (χ1) is 7.20. The molecule has 0 bridgehead atoms. The third-order valence-corrected chi connectivity index (χ3v) is 2.15. The molecule has 0 amide bonds. The van der Waals surface area contributed by atoms with Crippen LogP contribution in [0.3, 0.4) is 0 Å². The molecule has 0 saturated carbocycles. The zero-order valence-electron chi connectivity index (χ0n) is 8.64. The zero-order valence-corrected chi connectivity index (χ0v) is 8.64. The average Bonchev–Trinajstić information content (AvgIpc) is 2.23. The molecule has 1 aromatic heterocycles. The molecule has 0 saturated heterocycles. The van der Waals surface area contributed by atoms with E-state index in [9.17, 15) is 9.59 Å². The molecule has 0 aliphatic carbocycles. The van der Waals surface area contributed by atoms with Gasteiger partial charge in [0, 0.05) is 31.8 Å². The third kappa shape index (κ3) is 2.56. The molecule has 0 radical (unpaired) electrons. The zero-order chi connectivity index (χ0) is 11.3. The van der Waals surface area contributed by atoms with Crippen molar-refractivity contribution in [3.05, 3.63) is 33.1 Å². The molecule has 5 heteroatoms. The van der Waals surface area contributed by atoms with Gasteiger partial charge in [0.1, 0.15) is 0 Å². The summed E-state index contributed by atoms with van der Waals surface area (Å²) in [7, 11) is 0. The molecule has 0 atom stereocenters. The molecule has 5 nitrogen and oxygen atoms in total. The van der Waals surface area contributed by atoms with Gasteiger partial charge in [-0.15, -0.1) is 0 Å². The van der Waals surface area contributed by atoms with Crippen LogP contribution in [0.1, 0.15) is 19.8 Å². The number of hydrogen-bond donors (Lipinski definition) is 0. The maximum Gasteiger partial charge on any atom is 0.330 e. The van der Waals surface area contributed by atoms with E-state index in [0.29, 0.717) is 25.9 Å². The van der Waals surface area contributed by atoms with Crippen molar-refractivity contribution in [1.82, 2.24) is 9.13 Å². The van der Waals surface area contributed by atoms with Gasteiger partial charge in [0.05, 0.1) is 6.07 Å². The number of aryl methyl sites for hydroxylation is 1. The van der Waals surface area contributed by atoms with Gasteiger partial charge in [-0.2, -0.15) is 5.26 Å². The third-order valence-electron chi connectivity index (χ3n) is 2.15. The van der Waals surface area contributed by atoms with E-state index < -0.39 is 0 Å². The highest BCUT2D eigenvalue weighted by atomic mass is 16.2. The standard InChI is InChI=1S/C10H13N3O2/c1-2-12-8-5-9(14)13(10(12)15)7-4-3-6-11/h5,8H,2-4,7H2,1H3. The molecule has 0 aliphatic heterocycles. The lowest BCUT2D eigenvalue weighted by Crippen LogP contribution is -2.38. The molecule has 0 N–H and O–H groups in total. The predicted molar refractivity (Wildman–Crippen MR) is 55.5 cm³/mol. The number of rotatable bonds is 4. The summed E-state index contributed by atoms with van der Waals surface area (Å²) >= 11 is 0. The van der Waals surface area contributed by atoms with E-state index in [2.05, 4.69) is 0 Å². The van der Waals surface area contributed by atoms with Crippen molar-refractivity contribution in [2.45, 2.75) is 32.9 Å². The lowest BCUT2D eigenvalue weighted by Gasteiger charge is -2.06. The molecular weight excluding hydrogens is 194 g/mol. The number of nitrogens with zero attached hydrogens (tertiary/aromatic N) is 3. The van der Waals surface area contributed by atoms with E-state index in [0.717, 1.165) is 0 Å². The van der Waals surface area contributed by atoms with Crippen molar-refractivity contribution in [2.75, 3.05) is 0 Å². The minimum absolute atomic E-state index is 0.303. The molecular formula is C10H13N3O2. The maximum atomic E-state index is 11.7. The summed E-state index contributed by atoms with van der Waals surface area (Å²) in [6, 6.07) is 3.35. The van der Waals surface area contributed by atoms with E-state index in [1.54, 1.807) is 0 Å². The minimum atomic E-state index is -0.303. The van der Waals surface area contributed by atoms with Crippen molar-refractivity contribution in [1.29, 1.82) is 5.26 Å². The topological polar surface area (TPSA) is 67.8 Å². The van der Waals surface area contributed by atoms with Crippen LogP contribution in [-0.2, 0) is 13.1 Å². The summed E-state index contributed by atoms with van der Waals surface area (Å²) in [4.78, 5) is 23.0. The van der Waals surface area contributed by atoms with Gasteiger partial charge < -0.3 is 4.57 Å². The number of nitriles is 1. The molecule has 0 unspecified atom stereocenters. The van der Waals surface area contributed by atoms with E-state index in [4.69, 9.17) is 5.26 Å². The molecule has 80 valence electrons. The maximum absolute atomic E-state index is 11.7. The fraction of sp³-hybridized carbons (Fsp3) is 0.500. The predicted octanol–water partition coefficient (Wildman–Crippen LogP) is 0.334. The van der Waals surface area contributed by atoms with Crippen LogP contribution in [-0.4, -0.2) is 9.13 Å². The Hall–Kier alpha value is -1.83. The molecule has 1 heterocycles. The lowest BCUT2D eigenvalue weighted by molar-refractivity contribution is 0.548. The Balaban J connectivity index is 3.01. The van der Waals surface area contributed by atoms with Crippen LogP contribution in [0.5, 0.6) is 0 Å². The molecule has 0 fully saturated rings. The first-order valence-electron chi connectivity index (χ1n) is 4.88. The minimum Gasteiger partial charge on any atom is -0.301 e. The van der Waals surface area contributed by atoms with Crippen molar-refractivity contribution in [3.8, 4) is 6.07 Å². The molecule has 1 rings (SSSR count). The number of unbranched alkanes of at least 4 members (excludes halogenated alkanes) is 1. The Morgan fingerprint density at radius 1 is 1.47 bits per heavy atom. The van der Waals surface area contributed by atoms with Gasteiger partial charge in [0.2, 0.25) is 0 Å². The fourth-order valence-electron chi connectivity index (χ4n) is 1.32. The number of aromatic nitrogens is 2. The summed E-state index contributed by atoms with van der Waals surface area (Å²) in [6.45, 7) is 2.69. The highest BCUT2D eigenvalue weighted by molar-refractivity contribution is 4.86. The Labute approximate surface area is 87.2 Å². The monoisotopic (exact) mass is 207 g/mol. The van der Waals surface area contributed by atoms with E-state index in [1.165, 1.54) is 21.4 Å². The van der Waals surface area contributed by atoms with Gasteiger partial charge in [0.25, 0.3) is 5.56 Å². The van der Waals surface area contributed by atoms with Gasteiger partial charge in [-0.3, -0.25) is 9.36 Å². The van der Waals surface area contributed by atoms with Crippen LogP contribution in [0.2, 0.25) is 0 Å². The van der Waals surface area contributed by atoms with Gasteiger partial charge in [-0.05, 0) is 13.3 Å². The van der Waals surface area contributed by atoms with Gasteiger partial charge in [0.15, 0.2) is 0 Å². The molecule has 15 heavy (non-hydrogen) atoms. The van der Waals surface area contributed by atoms with Gasteiger partial charge in [-0.25, -0.2) is 4.79 Å². The van der Waals surface area contributed by atoms with Crippen LogP contribution < -0.4 is 11.2 Å². The first kappa shape index (κ1) is 11.2. The summed E-state index contributed by atoms with van der Waals surface area (Å²) in [5.74, 6) is 0. The van der Waals surface area contributed by atoms with E-state index in [1.807, 2.05) is 13.0 Å². The average molecular weight is 207 g/mol. The molecule has 1 aromatic rings. The highest BCUT2D eigenvalue weighted by Gasteiger charge is 2.02. The Morgan fingerprint density at radius 3 is 2.80 bits per heavy atom. The van der Waals surface area contributed by atoms with Crippen molar-refractivity contribution >= 4 is 0 Å². The Kier molecular flexibility index (Phi) is 3.86. The summed E-state index contributed by atoms with van der Waals surface area (Å²) in [6.07, 6.45) is 2.37. The van der Waals surface area contributed by atoms with Crippen LogP contribution in [0, 0.1) is 11.3 Å². The van der Waals surface area contributed by atoms with E-state index >= 15 is 0 Å². The molecule has 0 spiro atoms. The Morgan fingerprint density at radius 2 is 2.20 bits per heavy atom. The van der Waals surface area contributed by atoms with Crippen LogP contribution in [0.25, 0.3) is 0 Å². The fourth-order valence-corrected chi connectivity index (χ4v) is 1.32. The molecule has 0 aliphatic rings. The van der Waals surface area contributed by atoms with E-state index in [-0.39, 0.29) is 11.2 Å². The molecule has 0 aromatic carbocycles. The SMILES string of the molecule is CCn1ccc(=O)n(CCCC#N)c1=O. The quantitative estimate of drug-likeness (QED) is 0.668. The Bertz CT molecular complexity index is 479. The smallest absolute Gasteiger partial charge is 0.301 e. The van der Waals surface area contributed by atoms with Gasteiger partial charge in [-0.1, -0.05) is 0 Å². The summed E-state index contributed by atoms with van der Waals surface area (Å²) < 4.78 is 2.63. The first-order valence-corrected chi connectivity index (χ1v) is 4.88. The summed E-state index contributed by atoms with van der Waals surface area (Å²) in [5, 5.41) is 8.36. The van der Waals surface area contributed by atoms with Gasteiger partial charge >= 0.3 is 5.69 Å². The van der Waals surface area contributed by atoms with Crippen molar-refractivity contribution in [2.24, 2.45) is 0 Å². The van der Waals surface area contributed by atoms with Crippen LogP contribution >= 0.6 is 0 Å². The second kappa shape index (κ2) is 5.15. The second-order valence-corrected chi connectivity index (χ2v) is 3.14. The number of hydrogen-bond acceptors (Lipinski definition) is 3. The summed E-state index contributed by atoms with van der Waals surface area (Å²) in [5.41, 5.74) is -0.606.